The second-order valence-corrected chi connectivity index (χ2v) is 7.62. The Morgan fingerprint density at radius 1 is 1.07 bits per heavy atom. The van der Waals surface area contributed by atoms with Gasteiger partial charge in [-0.05, 0) is 35.4 Å². The lowest BCUT2D eigenvalue weighted by molar-refractivity contribution is 0.109. The van der Waals surface area contributed by atoms with Gasteiger partial charge >= 0.3 is 0 Å². The molecule has 2 aromatic carbocycles. The van der Waals surface area contributed by atoms with E-state index in [2.05, 4.69) is 80.6 Å². The third kappa shape index (κ3) is 3.57. The number of benzene rings is 2. The fourth-order valence-corrected chi connectivity index (χ4v) is 3.93. The molecule has 1 aliphatic rings. The van der Waals surface area contributed by atoms with E-state index in [1.807, 2.05) is 30.3 Å². The number of hydrogen-bond acceptors (Lipinski definition) is 4. The van der Waals surface area contributed by atoms with Gasteiger partial charge in [0.15, 0.2) is 0 Å². The molecule has 0 spiro atoms. The van der Waals surface area contributed by atoms with Gasteiger partial charge in [-0.15, -0.1) is 5.10 Å². The third-order valence-electron chi connectivity index (χ3n) is 5.49. The smallest absolute Gasteiger partial charge is 0.112 e. The molecule has 2 unspecified atom stereocenters. The van der Waals surface area contributed by atoms with Crippen molar-refractivity contribution in [1.29, 1.82) is 0 Å². The van der Waals surface area contributed by atoms with Crippen molar-refractivity contribution in [3.05, 3.63) is 96.4 Å². The van der Waals surface area contributed by atoms with Crippen LogP contribution < -0.4 is 0 Å². The first-order chi connectivity index (χ1) is 14.7. The highest BCUT2D eigenvalue weighted by molar-refractivity contribution is 5.83. The van der Waals surface area contributed by atoms with Gasteiger partial charge in [0.25, 0.3) is 0 Å². The lowest BCUT2D eigenvalue weighted by Crippen LogP contribution is -2.24. The molecule has 0 bridgehead atoms. The van der Waals surface area contributed by atoms with Crippen molar-refractivity contribution in [3.8, 4) is 0 Å². The zero-order chi connectivity index (χ0) is 20.5. The van der Waals surface area contributed by atoms with Crippen LogP contribution in [0, 0.1) is 6.92 Å². The molecule has 2 atom stereocenters. The zero-order valence-corrected chi connectivity index (χ0v) is 17.0. The molecule has 0 fully saturated rings. The molecular weight excluding hydrogens is 374 g/mol. The summed E-state index contributed by atoms with van der Waals surface area (Å²) in [6, 6.07) is 14.9. The van der Waals surface area contributed by atoms with Gasteiger partial charge in [0, 0.05) is 18.9 Å². The first kappa shape index (κ1) is 18.5. The van der Waals surface area contributed by atoms with Gasteiger partial charge in [-0.25, -0.2) is 9.67 Å². The lowest BCUT2D eigenvalue weighted by Gasteiger charge is -2.25. The molecule has 1 aliphatic carbocycles. The number of aryl methyl sites for hydroxylation is 1. The second kappa shape index (κ2) is 7.72. The van der Waals surface area contributed by atoms with E-state index < -0.39 is 0 Å². The number of rotatable bonds is 5. The van der Waals surface area contributed by atoms with Crippen molar-refractivity contribution in [1.82, 2.24) is 24.5 Å². The summed E-state index contributed by atoms with van der Waals surface area (Å²) < 4.78 is 9.68. The zero-order valence-electron chi connectivity index (χ0n) is 17.0. The minimum atomic E-state index is -0.0933. The van der Waals surface area contributed by atoms with E-state index >= 15 is 0 Å². The number of ether oxygens (including phenoxy) is 1. The van der Waals surface area contributed by atoms with E-state index in [4.69, 9.17) is 4.74 Å². The molecule has 30 heavy (non-hydrogen) atoms. The molecular formula is C24H23N5O. The summed E-state index contributed by atoms with van der Waals surface area (Å²) in [5.41, 5.74) is 4.04. The molecule has 2 aromatic heterocycles. The Balaban J connectivity index is 1.35. The fraction of sp³-hybridized carbons (Fsp3) is 0.208. The van der Waals surface area contributed by atoms with Crippen molar-refractivity contribution >= 4 is 16.3 Å². The topological polar surface area (TPSA) is 57.8 Å². The predicted molar refractivity (Wildman–Crippen MR) is 117 cm³/mol. The molecule has 0 aliphatic heterocycles. The summed E-state index contributed by atoms with van der Waals surface area (Å²) in [7, 11) is 1.73. The number of fused-ring (bicyclic) bond motifs is 1. The highest BCUT2D eigenvalue weighted by atomic mass is 16.5. The average Bonchev–Trinajstić information content (AvgIpc) is 3.42. The Morgan fingerprint density at radius 3 is 2.73 bits per heavy atom. The molecule has 6 heteroatoms. The quantitative estimate of drug-likeness (QED) is 0.507. The minimum absolute atomic E-state index is 0.0765. The van der Waals surface area contributed by atoms with Gasteiger partial charge in [0.2, 0.25) is 0 Å². The first-order valence-electron chi connectivity index (χ1n) is 10.0. The number of methoxy groups -OCH3 is 1. The molecule has 0 N–H and O–H groups in total. The normalized spacial score (nSPS) is 18.7. The third-order valence-corrected chi connectivity index (χ3v) is 5.49. The molecule has 0 saturated carbocycles. The lowest BCUT2D eigenvalue weighted by atomic mass is 9.98. The summed E-state index contributed by atoms with van der Waals surface area (Å²) in [6.45, 7) is 2.67. The Morgan fingerprint density at radius 2 is 1.93 bits per heavy atom. The van der Waals surface area contributed by atoms with Crippen LogP contribution in [0.15, 0.2) is 79.4 Å². The van der Waals surface area contributed by atoms with Gasteiger partial charge in [0.1, 0.15) is 11.8 Å². The van der Waals surface area contributed by atoms with E-state index in [0.29, 0.717) is 6.54 Å². The van der Waals surface area contributed by atoms with E-state index in [0.717, 1.165) is 17.0 Å². The Hall–Kier alpha value is -3.51. The van der Waals surface area contributed by atoms with Crippen molar-refractivity contribution < 1.29 is 4.74 Å². The van der Waals surface area contributed by atoms with Crippen LogP contribution in [0.3, 0.4) is 0 Å². The summed E-state index contributed by atoms with van der Waals surface area (Å²) in [6.07, 6.45) is 12.1. The highest BCUT2D eigenvalue weighted by Crippen LogP contribution is 2.28. The van der Waals surface area contributed by atoms with E-state index in [9.17, 15) is 0 Å². The minimum Gasteiger partial charge on any atom is -0.375 e. The van der Waals surface area contributed by atoms with Crippen LogP contribution in [0.5, 0.6) is 0 Å². The summed E-state index contributed by atoms with van der Waals surface area (Å²) in [4.78, 5) is 4.33. The van der Waals surface area contributed by atoms with Crippen LogP contribution in [0.4, 0.5) is 0 Å². The maximum Gasteiger partial charge on any atom is 0.112 e. The number of aromatic nitrogens is 5. The number of imidazole rings is 1. The first-order valence-corrected chi connectivity index (χ1v) is 10.0. The molecule has 5 rings (SSSR count). The molecule has 0 saturated heterocycles. The largest absolute Gasteiger partial charge is 0.375 e. The SMILES string of the molecule is COC1C=C(c2cn(Cc3ccc4ccccc4c3)nn2)C=CC1n1cnc(C)c1. The van der Waals surface area contributed by atoms with Crippen LogP contribution in [0.2, 0.25) is 0 Å². The standard InChI is InChI=1S/C24H23N5O/c1-17-13-28(16-25-17)23-10-9-21(12-24(23)30-2)22-15-29(27-26-22)14-18-7-8-19-5-3-4-6-20(19)11-18/h3-13,15-16,23-24H,14H2,1-2H3. The monoisotopic (exact) mass is 397 g/mol. The molecule has 0 amide bonds. The number of hydrogen-bond donors (Lipinski definition) is 0. The van der Waals surface area contributed by atoms with Gasteiger partial charge in [-0.3, -0.25) is 0 Å². The molecule has 0 radical (unpaired) electrons. The predicted octanol–water partition coefficient (Wildman–Crippen LogP) is 4.19. The Kier molecular flexibility index (Phi) is 4.77. The second-order valence-electron chi connectivity index (χ2n) is 7.62. The summed E-state index contributed by atoms with van der Waals surface area (Å²) in [5, 5.41) is 11.2. The summed E-state index contributed by atoms with van der Waals surface area (Å²) in [5.74, 6) is 0. The van der Waals surface area contributed by atoms with Crippen molar-refractivity contribution in [2.24, 2.45) is 0 Å². The van der Waals surface area contributed by atoms with Crippen LogP contribution in [-0.4, -0.2) is 37.8 Å². The maximum absolute atomic E-state index is 5.73. The highest BCUT2D eigenvalue weighted by Gasteiger charge is 2.23. The van der Waals surface area contributed by atoms with Crippen molar-refractivity contribution in [2.45, 2.75) is 25.6 Å². The number of allylic oxidation sites excluding steroid dienone is 2. The van der Waals surface area contributed by atoms with Crippen LogP contribution in [0.1, 0.15) is 23.0 Å². The Labute approximate surface area is 175 Å². The number of nitrogens with zero attached hydrogens (tertiary/aromatic N) is 5. The van der Waals surface area contributed by atoms with E-state index in [1.54, 1.807) is 7.11 Å². The Bertz CT molecular complexity index is 1250. The van der Waals surface area contributed by atoms with Gasteiger partial charge in [-0.2, -0.15) is 0 Å². The van der Waals surface area contributed by atoms with Gasteiger partial charge in [0.05, 0.1) is 30.8 Å². The van der Waals surface area contributed by atoms with Crippen LogP contribution in [0.25, 0.3) is 16.3 Å². The molecule has 2 heterocycles. The molecule has 4 aromatic rings. The maximum atomic E-state index is 5.73. The van der Waals surface area contributed by atoms with Crippen molar-refractivity contribution in [3.63, 3.8) is 0 Å². The van der Waals surface area contributed by atoms with Crippen molar-refractivity contribution in [2.75, 3.05) is 7.11 Å². The van der Waals surface area contributed by atoms with E-state index in [-0.39, 0.29) is 12.1 Å². The van der Waals surface area contributed by atoms with Gasteiger partial charge in [-0.1, -0.05) is 53.8 Å². The fourth-order valence-electron chi connectivity index (χ4n) is 3.93. The van der Waals surface area contributed by atoms with Gasteiger partial charge < -0.3 is 9.30 Å². The average molecular weight is 397 g/mol. The van der Waals surface area contributed by atoms with E-state index in [1.165, 1.54) is 16.3 Å². The molecule has 6 nitrogen and oxygen atoms in total. The summed E-state index contributed by atoms with van der Waals surface area (Å²) >= 11 is 0. The molecule has 150 valence electrons. The van der Waals surface area contributed by atoms with Crippen LogP contribution >= 0.6 is 0 Å². The van der Waals surface area contributed by atoms with Crippen LogP contribution in [-0.2, 0) is 11.3 Å².